The highest BCUT2D eigenvalue weighted by Gasteiger charge is 2.10. The lowest BCUT2D eigenvalue weighted by Crippen LogP contribution is -2.16. The van der Waals surface area contributed by atoms with Crippen molar-refractivity contribution < 1.29 is 9.21 Å². The summed E-state index contributed by atoms with van der Waals surface area (Å²) in [6, 6.07) is 12.9. The highest BCUT2D eigenvalue weighted by molar-refractivity contribution is 6.03. The Kier molecular flexibility index (Phi) is 3.55. The van der Waals surface area contributed by atoms with Crippen LogP contribution in [0.2, 0.25) is 0 Å². The van der Waals surface area contributed by atoms with Crippen LogP contribution in [0.3, 0.4) is 0 Å². The average molecular weight is 281 g/mol. The number of nitrogens with zero attached hydrogens (tertiary/aromatic N) is 2. The molecule has 5 heteroatoms. The lowest BCUT2D eigenvalue weighted by Gasteiger charge is -2.08. The quantitative estimate of drug-likeness (QED) is 0.799. The summed E-state index contributed by atoms with van der Waals surface area (Å²) in [7, 11) is 0. The van der Waals surface area contributed by atoms with E-state index in [-0.39, 0.29) is 5.91 Å². The van der Waals surface area contributed by atoms with Gasteiger partial charge in [0.25, 0.3) is 5.91 Å². The van der Waals surface area contributed by atoms with Gasteiger partial charge in [-0.05, 0) is 31.2 Å². The molecule has 5 nitrogen and oxygen atoms in total. The van der Waals surface area contributed by atoms with E-state index in [0.29, 0.717) is 17.9 Å². The molecule has 0 aliphatic rings. The number of aromatic nitrogens is 2. The van der Waals surface area contributed by atoms with Crippen molar-refractivity contribution in [3.63, 3.8) is 0 Å². The van der Waals surface area contributed by atoms with Crippen molar-refractivity contribution in [2.45, 2.75) is 13.5 Å². The van der Waals surface area contributed by atoms with Crippen LogP contribution >= 0.6 is 0 Å². The maximum Gasteiger partial charge on any atom is 0.256 e. The fraction of sp³-hybridized carbons (Fsp3) is 0.125. The van der Waals surface area contributed by atoms with Gasteiger partial charge in [0.2, 0.25) is 0 Å². The first-order valence-electron chi connectivity index (χ1n) is 6.64. The van der Waals surface area contributed by atoms with Crippen LogP contribution < -0.4 is 5.32 Å². The molecule has 106 valence electrons. The number of nitrogens with one attached hydrogen (secondary N) is 1. The van der Waals surface area contributed by atoms with Crippen LogP contribution in [0, 0.1) is 6.92 Å². The molecule has 0 saturated heterocycles. The molecule has 1 amide bonds. The Morgan fingerprint density at radius 3 is 2.76 bits per heavy atom. The Morgan fingerprint density at radius 1 is 1.24 bits per heavy atom. The van der Waals surface area contributed by atoms with Gasteiger partial charge in [-0.25, -0.2) is 4.68 Å². The molecule has 0 radical (unpaired) electrons. The number of hydrogen-bond donors (Lipinski definition) is 1. The van der Waals surface area contributed by atoms with Crippen molar-refractivity contribution in [3.8, 4) is 0 Å². The summed E-state index contributed by atoms with van der Waals surface area (Å²) in [6.07, 6.45) is 3.26. The van der Waals surface area contributed by atoms with Gasteiger partial charge in [0.1, 0.15) is 18.1 Å². The lowest BCUT2D eigenvalue weighted by molar-refractivity contribution is 0.102. The molecule has 3 aromatic rings. The maximum absolute atomic E-state index is 12.2. The van der Waals surface area contributed by atoms with Crippen molar-refractivity contribution in [3.05, 3.63) is 71.8 Å². The molecule has 0 spiro atoms. The van der Waals surface area contributed by atoms with Crippen LogP contribution in [-0.4, -0.2) is 15.7 Å². The molecular weight excluding hydrogens is 266 g/mol. The average Bonchev–Trinajstić information content (AvgIpc) is 3.13. The highest BCUT2D eigenvalue weighted by Crippen LogP contribution is 2.12. The number of anilines is 1. The summed E-state index contributed by atoms with van der Waals surface area (Å²) in [6.45, 7) is 2.46. The number of hydrogen-bond acceptors (Lipinski definition) is 3. The van der Waals surface area contributed by atoms with Gasteiger partial charge < -0.3 is 9.73 Å². The van der Waals surface area contributed by atoms with Crippen LogP contribution in [0.15, 0.2) is 59.3 Å². The molecular formula is C16H15N3O2. The summed E-state index contributed by atoms with van der Waals surface area (Å²) in [5, 5.41) is 7.05. The summed E-state index contributed by atoms with van der Waals surface area (Å²) >= 11 is 0. The molecule has 1 aromatic carbocycles. The first kappa shape index (κ1) is 13.2. The maximum atomic E-state index is 12.2. The Hall–Kier alpha value is -2.82. The number of aryl methyl sites for hydroxylation is 1. The van der Waals surface area contributed by atoms with Crippen LogP contribution in [-0.2, 0) is 6.54 Å². The minimum Gasteiger partial charge on any atom is -0.467 e. The summed E-state index contributed by atoms with van der Waals surface area (Å²) in [4.78, 5) is 12.2. The SMILES string of the molecule is Cc1ccc(C(=O)Nc2ccnn2Cc2ccco2)cc1. The van der Waals surface area contributed by atoms with Gasteiger partial charge in [-0.3, -0.25) is 4.79 Å². The van der Waals surface area contributed by atoms with E-state index in [0.717, 1.165) is 11.3 Å². The first-order valence-corrected chi connectivity index (χ1v) is 6.64. The standard InChI is InChI=1S/C16H15N3O2/c1-12-4-6-13(7-5-12)16(20)18-15-8-9-17-19(15)11-14-3-2-10-21-14/h2-10H,11H2,1H3,(H,18,20). The molecule has 1 N–H and O–H groups in total. The van der Waals surface area contributed by atoms with Crippen molar-refractivity contribution in [2.75, 3.05) is 5.32 Å². The Labute approximate surface area is 122 Å². The van der Waals surface area contributed by atoms with Crippen molar-refractivity contribution in [1.29, 1.82) is 0 Å². The van der Waals surface area contributed by atoms with E-state index in [2.05, 4.69) is 10.4 Å². The predicted molar refractivity (Wildman–Crippen MR) is 79.2 cm³/mol. The van der Waals surface area contributed by atoms with Crippen LogP contribution in [0.5, 0.6) is 0 Å². The van der Waals surface area contributed by atoms with Gasteiger partial charge >= 0.3 is 0 Å². The van der Waals surface area contributed by atoms with Crippen LogP contribution in [0.1, 0.15) is 21.7 Å². The second-order valence-corrected chi connectivity index (χ2v) is 4.77. The molecule has 21 heavy (non-hydrogen) atoms. The fourth-order valence-electron chi connectivity index (χ4n) is 2.01. The largest absolute Gasteiger partial charge is 0.467 e. The topological polar surface area (TPSA) is 60.1 Å². The third-order valence-electron chi connectivity index (χ3n) is 3.16. The van der Waals surface area contributed by atoms with E-state index in [1.165, 1.54) is 0 Å². The minimum absolute atomic E-state index is 0.156. The molecule has 0 aliphatic carbocycles. The monoisotopic (exact) mass is 281 g/mol. The summed E-state index contributed by atoms with van der Waals surface area (Å²) in [5.41, 5.74) is 1.74. The molecule has 2 heterocycles. The number of benzene rings is 1. The number of carbonyl (C=O) groups excluding carboxylic acids is 1. The van der Waals surface area contributed by atoms with Gasteiger partial charge in [-0.15, -0.1) is 0 Å². The molecule has 0 unspecified atom stereocenters. The van der Waals surface area contributed by atoms with Gasteiger partial charge in [-0.1, -0.05) is 17.7 Å². The van der Waals surface area contributed by atoms with Gasteiger partial charge in [0, 0.05) is 11.6 Å². The number of furan rings is 1. The van der Waals surface area contributed by atoms with Gasteiger partial charge in [0.05, 0.1) is 12.5 Å². The van der Waals surface area contributed by atoms with Gasteiger partial charge in [0.15, 0.2) is 0 Å². The predicted octanol–water partition coefficient (Wildman–Crippen LogP) is 3.09. The lowest BCUT2D eigenvalue weighted by atomic mass is 10.1. The molecule has 0 saturated carbocycles. The molecule has 0 aliphatic heterocycles. The minimum atomic E-state index is -0.156. The smallest absolute Gasteiger partial charge is 0.256 e. The first-order chi connectivity index (χ1) is 10.2. The number of rotatable bonds is 4. The molecule has 0 atom stereocenters. The van der Waals surface area contributed by atoms with Crippen molar-refractivity contribution >= 4 is 11.7 Å². The molecule has 3 rings (SSSR count). The fourth-order valence-corrected chi connectivity index (χ4v) is 2.01. The Bertz CT molecular complexity index is 727. The molecule has 2 aromatic heterocycles. The van der Waals surface area contributed by atoms with E-state index >= 15 is 0 Å². The molecule has 0 fully saturated rings. The number of amides is 1. The second kappa shape index (κ2) is 5.66. The third-order valence-corrected chi connectivity index (χ3v) is 3.16. The Balaban J connectivity index is 1.74. The van der Waals surface area contributed by atoms with E-state index < -0.39 is 0 Å². The zero-order valence-electron chi connectivity index (χ0n) is 11.6. The van der Waals surface area contributed by atoms with Crippen molar-refractivity contribution in [1.82, 2.24) is 9.78 Å². The van der Waals surface area contributed by atoms with Crippen LogP contribution in [0.4, 0.5) is 5.82 Å². The van der Waals surface area contributed by atoms with E-state index in [1.807, 2.05) is 31.2 Å². The van der Waals surface area contributed by atoms with E-state index in [9.17, 15) is 4.79 Å². The second-order valence-electron chi connectivity index (χ2n) is 4.77. The third kappa shape index (κ3) is 3.02. The van der Waals surface area contributed by atoms with E-state index in [1.54, 1.807) is 35.3 Å². The number of carbonyl (C=O) groups is 1. The normalized spacial score (nSPS) is 10.5. The van der Waals surface area contributed by atoms with Gasteiger partial charge in [-0.2, -0.15) is 5.10 Å². The molecule has 0 bridgehead atoms. The summed E-state index contributed by atoms with van der Waals surface area (Å²) < 4.78 is 6.98. The summed E-state index contributed by atoms with van der Waals surface area (Å²) in [5.74, 6) is 1.26. The zero-order valence-corrected chi connectivity index (χ0v) is 11.6. The van der Waals surface area contributed by atoms with Crippen LogP contribution in [0.25, 0.3) is 0 Å². The highest BCUT2D eigenvalue weighted by atomic mass is 16.3. The zero-order chi connectivity index (χ0) is 14.7. The van der Waals surface area contributed by atoms with E-state index in [4.69, 9.17) is 4.42 Å². The Morgan fingerprint density at radius 2 is 2.05 bits per heavy atom. The van der Waals surface area contributed by atoms with Crippen molar-refractivity contribution in [2.24, 2.45) is 0 Å².